The van der Waals surface area contributed by atoms with Crippen LogP contribution in [0.15, 0.2) is 12.7 Å². The van der Waals surface area contributed by atoms with Crippen LogP contribution in [0.2, 0.25) is 0 Å². The number of hydrogen-bond donors (Lipinski definition) is 1. The Morgan fingerprint density at radius 3 is 2.35 bits per heavy atom. The summed E-state index contributed by atoms with van der Waals surface area (Å²) in [6.45, 7) is 11.9. The first-order chi connectivity index (χ1) is 7.74. The minimum absolute atomic E-state index is 0.00167. The molecule has 17 heavy (non-hydrogen) atoms. The second kappa shape index (κ2) is 5.19. The highest BCUT2D eigenvalue weighted by atomic mass is 16.7. The molecule has 1 aliphatic rings. The van der Waals surface area contributed by atoms with E-state index in [4.69, 9.17) is 9.47 Å². The predicted octanol–water partition coefficient (Wildman–Crippen LogP) is 2.00. The van der Waals surface area contributed by atoms with Crippen LogP contribution in [0.4, 0.5) is 0 Å². The molecule has 0 amide bonds. The van der Waals surface area contributed by atoms with Gasteiger partial charge in [-0.25, -0.2) is 4.79 Å². The van der Waals surface area contributed by atoms with Gasteiger partial charge in [0.15, 0.2) is 6.79 Å². The Bertz CT molecular complexity index is 281. The van der Waals surface area contributed by atoms with Crippen molar-refractivity contribution in [2.24, 2.45) is 0 Å². The van der Waals surface area contributed by atoms with Gasteiger partial charge < -0.3 is 14.8 Å². The van der Waals surface area contributed by atoms with Gasteiger partial charge >= 0.3 is 5.97 Å². The van der Waals surface area contributed by atoms with Gasteiger partial charge in [-0.3, -0.25) is 0 Å². The number of esters is 1. The van der Waals surface area contributed by atoms with Crippen molar-refractivity contribution in [2.45, 2.75) is 57.7 Å². The molecule has 0 radical (unpaired) electrons. The van der Waals surface area contributed by atoms with Crippen LogP contribution in [0.1, 0.15) is 40.5 Å². The Morgan fingerprint density at radius 1 is 1.35 bits per heavy atom. The fourth-order valence-electron chi connectivity index (χ4n) is 2.59. The van der Waals surface area contributed by atoms with Crippen molar-refractivity contribution >= 4 is 5.97 Å². The van der Waals surface area contributed by atoms with Crippen molar-refractivity contribution < 1.29 is 14.3 Å². The lowest BCUT2D eigenvalue weighted by Crippen LogP contribution is -2.59. The largest absolute Gasteiger partial charge is 0.435 e. The van der Waals surface area contributed by atoms with Crippen LogP contribution >= 0.6 is 0 Å². The molecule has 1 fully saturated rings. The molecule has 4 heteroatoms. The zero-order valence-electron chi connectivity index (χ0n) is 11.2. The SMILES string of the molecule is C=CC(=O)OCOC1CC(C)(C)NC(C)(C)C1. The zero-order valence-corrected chi connectivity index (χ0v) is 11.2. The van der Waals surface area contributed by atoms with Crippen LogP contribution in [-0.4, -0.2) is 29.9 Å². The summed E-state index contributed by atoms with van der Waals surface area (Å²) in [6, 6.07) is 0. The first kappa shape index (κ1) is 14.2. The standard InChI is InChI=1S/C13H23NO3/c1-6-11(15)17-9-16-10-7-12(2,3)14-13(4,5)8-10/h6,10,14H,1,7-9H2,2-5H3. The van der Waals surface area contributed by atoms with Crippen molar-refractivity contribution in [3.05, 3.63) is 12.7 Å². The van der Waals surface area contributed by atoms with E-state index in [2.05, 4.69) is 39.6 Å². The fourth-order valence-corrected chi connectivity index (χ4v) is 2.59. The van der Waals surface area contributed by atoms with E-state index in [-0.39, 0.29) is 24.0 Å². The predicted molar refractivity (Wildman–Crippen MR) is 66.6 cm³/mol. The lowest BCUT2D eigenvalue weighted by Gasteiger charge is -2.46. The van der Waals surface area contributed by atoms with Crippen LogP contribution in [0, 0.1) is 0 Å². The van der Waals surface area contributed by atoms with E-state index in [1.54, 1.807) is 0 Å². The minimum Gasteiger partial charge on any atom is -0.435 e. The van der Waals surface area contributed by atoms with E-state index in [9.17, 15) is 4.79 Å². The van der Waals surface area contributed by atoms with Gasteiger partial charge in [0.05, 0.1) is 6.10 Å². The molecular weight excluding hydrogens is 218 g/mol. The Kier molecular flexibility index (Phi) is 4.33. The summed E-state index contributed by atoms with van der Waals surface area (Å²) >= 11 is 0. The van der Waals surface area contributed by atoms with Gasteiger partial charge in [-0.05, 0) is 40.5 Å². The second-order valence-electron chi connectivity index (χ2n) is 5.88. The molecule has 4 nitrogen and oxygen atoms in total. The molecule has 1 aliphatic heterocycles. The molecule has 1 N–H and O–H groups in total. The molecule has 0 saturated carbocycles. The highest BCUT2D eigenvalue weighted by Gasteiger charge is 2.38. The quantitative estimate of drug-likeness (QED) is 0.464. The molecule has 0 aliphatic carbocycles. The van der Waals surface area contributed by atoms with E-state index in [0.717, 1.165) is 18.9 Å². The van der Waals surface area contributed by atoms with Crippen molar-refractivity contribution in [2.75, 3.05) is 6.79 Å². The molecular formula is C13H23NO3. The van der Waals surface area contributed by atoms with Gasteiger partial charge in [0.2, 0.25) is 0 Å². The van der Waals surface area contributed by atoms with E-state index in [1.165, 1.54) is 0 Å². The number of nitrogens with one attached hydrogen (secondary N) is 1. The summed E-state index contributed by atoms with van der Waals surface area (Å²) in [6.07, 6.45) is 3.06. The van der Waals surface area contributed by atoms with Crippen LogP contribution in [0.25, 0.3) is 0 Å². The molecule has 0 aromatic carbocycles. The number of rotatable bonds is 4. The van der Waals surface area contributed by atoms with E-state index in [0.29, 0.717) is 0 Å². The lowest BCUT2D eigenvalue weighted by atomic mass is 9.81. The molecule has 1 rings (SSSR count). The van der Waals surface area contributed by atoms with E-state index >= 15 is 0 Å². The highest BCUT2D eigenvalue weighted by molar-refractivity contribution is 5.81. The number of ether oxygens (including phenoxy) is 2. The van der Waals surface area contributed by atoms with Crippen LogP contribution in [0.5, 0.6) is 0 Å². The monoisotopic (exact) mass is 241 g/mol. The Hall–Kier alpha value is -0.870. The van der Waals surface area contributed by atoms with E-state index < -0.39 is 5.97 Å². The summed E-state index contributed by atoms with van der Waals surface area (Å²) in [5.41, 5.74) is 0.0731. The molecule has 0 bridgehead atoms. The fraction of sp³-hybridized carbons (Fsp3) is 0.769. The summed E-state index contributed by atoms with van der Waals surface area (Å²) in [7, 11) is 0. The Labute approximate surface area is 103 Å². The van der Waals surface area contributed by atoms with Crippen molar-refractivity contribution in [1.29, 1.82) is 0 Å². The number of carbonyl (C=O) groups is 1. The highest BCUT2D eigenvalue weighted by Crippen LogP contribution is 2.30. The molecule has 0 aromatic heterocycles. The minimum atomic E-state index is -0.447. The first-order valence-electron chi connectivity index (χ1n) is 5.94. The molecule has 0 aromatic rings. The first-order valence-corrected chi connectivity index (χ1v) is 5.94. The summed E-state index contributed by atoms with van der Waals surface area (Å²) in [4.78, 5) is 10.9. The smallest absolute Gasteiger partial charge is 0.332 e. The maximum atomic E-state index is 10.9. The van der Waals surface area contributed by atoms with Gasteiger partial charge in [0.1, 0.15) is 0 Å². The third-order valence-electron chi connectivity index (χ3n) is 2.82. The van der Waals surface area contributed by atoms with Gasteiger partial charge in [-0.15, -0.1) is 0 Å². The van der Waals surface area contributed by atoms with Crippen LogP contribution in [0.3, 0.4) is 0 Å². The molecule has 1 heterocycles. The lowest BCUT2D eigenvalue weighted by molar-refractivity contribution is -0.159. The topological polar surface area (TPSA) is 47.6 Å². The summed E-state index contributed by atoms with van der Waals surface area (Å²) < 4.78 is 10.4. The van der Waals surface area contributed by atoms with Crippen molar-refractivity contribution in [3.63, 3.8) is 0 Å². The number of carbonyl (C=O) groups excluding carboxylic acids is 1. The van der Waals surface area contributed by atoms with Gasteiger partial charge in [0, 0.05) is 17.2 Å². The third-order valence-corrected chi connectivity index (χ3v) is 2.82. The third kappa shape index (κ3) is 4.88. The average Bonchev–Trinajstić information content (AvgIpc) is 2.12. The van der Waals surface area contributed by atoms with Crippen LogP contribution in [-0.2, 0) is 14.3 Å². The Morgan fingerprint density at radius 2 is 1.88 bits per heavy atom. The van der Waals surface area contributed by atoms with Crippen LogP contribution < -0.4 is 5.32 Å². The van der Waals surface area contributed by atoms with Gasteiger partial charge in [-0.2, -0.15) is 0 Å². The number of hydrogen-bond acceptors (Lipinski definition) is 4. The van der Waals surface area contributed by atoms with Gasteiger partial charge in [0.25, 0.3) is 0 Å². The summed E-state index contributed by atoms with van der Waals surface area (Å²) in [5.74, 6) is -0.447. The zero-order chi connectivity index (χ0) is 13.1. The molecule has 1 saturated heterocycles. The molecule has 0 unspecified atom stereocenters. The summed E-state index contributed by atoms with van der Waals surface area (Å²) in [5, 5.41) is 3.57. The maximum absolute atomic E-state index is 10.9. The molecule has 0 spiro atoms. The van der Waals surface area contributed by atoms with Crippen molar-refractivity contribution in [1.82, 2.24) is 5.32 Å². The maximum Gasteiger partial charge on any atom is 0.332 e. The van der Waals surface area contributed by atoms with Gasteiger partial charge in [-0.1, -0.05) is 6.58 Å². The second-order valence-corrected chi connectivity index (χ2v) is 5.88. The normalized spacial score (nSPS) is 23.1. The van der Waals surface area contributed by atoms with E-state index in [1.807, 2.05) is 0 Å². The van der Waals surface area contributed by atoms with Crippen molar-refractivity contribution in [3.8, 4) is 0 Å². The average molecular weight is 241 g/mol. The Balaban J connectivity index is 2.43. The molecule has 0 atom stereocenters. The number of piperidine rings is 1. The molecule has 98 valence electrons.